The molecule has 1 aliphatic heterocycles. The minimum atomic E-state index is -3.54. The van der Waals surface area contributed by atoms with E-state index in [2.05, 4.69) is 5.32 Å². The maximum atomic E-state index is 12.8. The van der Waals surface area contributed by atoms with Crippen LogP contribution in [0.1, 0.15) is 30.6 Å². The molecule has 0 spiro atoms. The van der Waals surface area contributed by atoms with E-state index < -0.39 is 10.0 Å². The second kappa shape index (κ2) is 10.4. The summed E-state index contributed by atoms with van der Waals surface area (Å²) in [5.41, 5.74) is 0. The molecule has 30 heavy (non-hydrogen) atoms. The third-order valence-electron chi connectivity index (χ3n) is 5.02. The van der Waals surface area contributed by atoms with Crippen LogP contribution in [0.4, 0.5) is 4.39 Å². The molecule has 6 nitrogen and oxygen atoms in total. The fourth-order valence-corrected chi connectivity index (χ4v) is 6.32. The number of nitrogens with zero attached hydrogens (tertiary/aromatic N) is 1. The zero-order valence-corrected chi connectivity index (χ0v) is 18.6. The number of thiophene rings is 1. The van der Waals surface area contributed by atoms with Crippen molar-refractivity contribution in [1.82, 2.24) is 9.62 Å². The van der Waals surface area contributed by atoms with Crippen molar-refractivity contribution in [2.45, 2.75) is 36.8 Å². The molecule has 1 amide bonds. The smallest absolute Gasteiger partial charge is 0.252 e. The topological polar surface area (TPSA) is 75.7 Å². The summed E-state index contributed by atoms with van der Waals surface area (Å²) in [6.45, 7) is 3.54. The number of carbonyl (C=O) groups excluding carboxylic acids is 1. The third-order valence-corrected chi connectivity index (χ3v) is 8.35. The van der Waals surface area contributed by atoms with E-state index >= 15 is 0 Å². The Morgan fingerprint density at radius 2 is 2.00 bits per heavy atom. The number of piperidine rings is 1. The number of amides is 1. The van der Waals surface area contributed by atoms with Crippen LogP contribution in [0.15, 0.2) is 40.6 Å². The van der Waals surface area contributed by atoms with Crippen molar-refractivity contribution >= 4 is 27.3 Å². The van der Waals surface area contributed by atoms with Crippen LogP contribution in [0.3, 0.4) is 0 Å². The van der Waals surface area contributed by atoms with E-state index in [-0.39, 0.29) is 24.2 Å². The van der Waals surface area contributed by atoms with Gasteiger partial charge in [0.15, 0.2) is 0 Å². The van der Waals surface area contributed by atoms with Crippen LogP contribution < -0.4 is 10.1 Å². The van der Waals surface area contributed by atoms with Crippen LogP contribution in [0.2, 0.25) is 0 Å². The minimum Gasteiger partial charge on any atom is -0.494 e. The first-order valence-corrected chi connectivity index (χ1v) is 12.3. The monoisotopic (exact) mass is 454 g/mol. The van der Waals surface area contributed by atoms with Gasteiger partial charge in [-0.2, -0.15) is 4.31 Å². The first-order chi connectivity index (χ1) is 14.4. The predicted octanol–water partition coefficient (Wildman–Crippen LogP) is 3.57. The Morgan fingerprint density at radius 1 is 1.23 bits per heavy atom. The third kappa shape index (κ3) is 6.02. The van der Waals surface area contributed by atoms with Crippen molar-refractivity contribution in [3.8, 4) is 5.75 Å². The zero-order valence-electron chi connectivity index (χ0n) is 17.0. The molecule has 2 aromatic rings. The average molecular weight is 455 g/mol. The number of benzene rings is 1. The Balaban J connectivity index is 1.39. The van der Waals surface area contributed by atoms with Crippen LogP contribution >= 0.6 is 11.3 Å². The van der Waals surface area contributed by atoms with Gasteiger partial charge in [0.05, 0.1) is 12.5 Å². The van der Waals surface area contributed by atoms with Crippen LogP contribution in [0.5, 0.6) is 5.75 Å². The maximum absolute atomic E-state index is 12.8. The lowest BCUT2D eigenvalue weighted by atomic mass is 9.99. The Morgan fingerprint density at radius 3 is 2.70 bits per heavy atom. The van der Waals surface area contributed by atoms with E-state index in [1.165, 1.54) is 27.8 Å². The quantitative estimate of drug-likeness (QED) is 0.588. The molecule has 164 valence electrons. The standard InChI is InChI=1S/C21H27FN2O4S2/c1-16-6-11-20(29-16)30(26,27)24-13-4-5-17(15-24)21(25)23-12-2-3-14-28-19-9-7-18(22)8-10-19/h6-11,17H,2-5,12-15H2,1H3,(H,23,25). The Hall–Kier alpha value is -1.97. The van der Waals surface area contributed by atoms with Crippen LogP contribution in [0.25, 0.3) is 0 Å². The summed E-state index contributed by atoms with van der Waals surface area (Å²) in [5, 5.41) is 2.91. The Kier molecular flexibility index (Phi) is 7.85. The fraction of sp³-hybridized carbons (Fsp3) is 0.476. The number of halogens is 1. The van der Waals surface area contributed by atoms with Crippen molar-refractivity contribution in [2.75, 3.05) is 26.2 Å². The molecular weight excluding hydrogens is 427 g/mol. The molecular formula is C21H27FN2O4S2. The molecule has 3 rings (SSSR count). The molecule has 2 heterocycles. The van der Waals surface area contributed by atoms with Crippen LogP contribution in [-0.4, -0.2) is 44.9 Å². The van der Waals surface area contributed by atoms with Gasteiger partial charge < -0.3 is 10.1 Å². The average Bonchev–Trinajstić information content (AvgIpc) is 3.19. The van der Waals surface area contributed by atoms with Gasteiger partial charge in [-0.1, -0.05) is 0 Å². The van der Waals surface area contributed by atoms with Gasteiger partial charge in [0.1, 0.15) is 15.8 Å². The molecule has 1 fully saturated rings. The lowest BCUT2D eigenvalue weighted by Crippen LogP contribution is -2.45. The lowest BCUT2D eigenvalue weighted by molar-refractivity contribution is -0.126. The van der Waals surface area contributed by atoms with Crippen molar-refractivity contribution in [2.24, 2.45) is 5.92 Å². The molecule has 1 aromatic heterocycles. The number of hydrogen-bond donors (Lipinski definition) is 1. The van der Waals surface area contributed by atoms with Gasteiger partial charge in [-0.15, -0.1) is 11.3 Å². The number of nitrogens with one attached hydrogen (secondary N) is 1. The number of sulfonamides is 1. The predicted molar refractivity (Wildman–Crippen MR) is 115 cm³/mol. The SMILES string of the molecule is Cc1ccc(S(=O)(=O)N2CCCC(C(=O)NCCCCOc3ccc(F)cc3)C2)s1. The van der Waals surface area contributed by atoms with Gasteiger partial charge in [0, 0.05) is 24.5 Å². The summed E-state index contributed by atoms with van der Waals surface area (Å²) >= 11 is 1.26. The number of aryl methyl sites for hydroxylation is 1. The molecule has 1 saturated heterocycles. The number of carbonyl (C=O) groups is 1. The summed E-state index contributed by atoms with van der Waals surface area (Å²) < 4.78 is 45.8. The first-order valence-electron chi connectivity index (χ1n) is 10.1. The molecule has 0 bridgehead atoms. The number of rotatable bonds is 9. The van der Waals surface area contributed by atoms with Crippen LogP contribution in [-0.2, 0) is 14.8 Å². The number of hydrogen-bond acceptors (Lipinski definition) is 5. The zero-order chi connectivity index (χ0) is 21.6. The second-order valence-corrected chi connectivity index (χ2v) is 10.8. The largest absolute Gasteiger partial charge is 0.494 e. The van der Waals surface area contributed by atoms with Gasteiger partial charge in [0.2, 0.25) is 5.91 Å². The summed E-state index contributed by atoms with van der Waals surface area (Å²) in [7, 11) is -3.54. The van der Waals surface area contributed by atoms with Crippen molar-refractivity contribution < 1.29 is 22.3 Å². The Bertz CT molecular complexity index is 944. The Labute approximate surface area is 181 Å². The first kappa shape index (κ1) is 22.7. The van der Waals surface area contributed by atoms with E-state index in [0.29, 0.717) is 42.5 Å². The summed E-state index contributed by atoms with van der Waals surface area (Å²) in [5.74, 6) is -0.115. The van der Waals surface area contributed by atoms with Crippen molar-refractivity contribution in [1.29, 1.82) is 0 Å². The second-order valence-electron chi connectivity index (χ2n) is 7.37. The highest BCUT2D eigenvalue weighted by Gasteiger charge is 2.33. The molecule has 1 unspecified atom stereocenters. The van der Waals surface area contributed by atoms with E-state index in [0.717, 1.165) is 17.7 Å². The van der Waals surface area contributed by atoms with E-state index in [1.54, 1.807) is 24.3 Å². The highest BCUT2D eigenvalue weighted by Crippen LogP contribution is 2.28. The van der Waals surface area contributed by atoms with Gasteiger partial charge in [-0.3, -0.25) is 4.79 Å². The summed E-state index contributed by atoms with van der Waals surface area (Å²) in [6.07, 6.45) is 2.86. The highest BCUT2D eigenvalue weighted by atomic mass is 32.2. The molecule has 9 heteroatoms. The normalized spacial score (nSPS) is 17.6. The summed E-state index contributed by atoms with van der Waals surface area (Å²) in [4.78, 5) is 13.4. The van der Waals surface area contributed by atoms with Gasteiger partial charge >= 0.3 is 0 Å². The highest BCUT2D eigenvalue weighted by molar-refractivity contribution is 7.91. The van der Waals surface area contributed by atoms with Gasteiger partial charge in [-0.25, -0.2) is 12.8 Å². The van der Waals surface area contributed by atoms with Gasteiger partial charge in [0.25, 0.3) is 10.0 Å². The van der Waals surface area contributed by atoms with E-state index in [9.17, 15) is 17.6 Å². The molecule has 1 N–H and O–H groups in total. The van der Waals surface area contributed by atoms with Crippen LogP contribution in [0, 0.1) is 18.7 Å². The van der Waals surface area contributed by atoms with Crippen molar-refractivity contribution in [3.05, 3.63) is 47.1 Å². The number of unbranched alkanes of at least 4 members (excludes halogenated alkanes) is 1. The van der Waals surface area contributed by atoms with E-state index in [1.807, 2.05) is 6.92 Å². The number of ether oxygens (including phenoxy) is 1. The lowest BCUT2D eigenvalue weighted by Gasteiger charge is -2.30. The molecule has 1 aromatic carbocycles. The minimum absolute atomic E-state index is 0.100. The molecule has 1 atom stereocenters. The van der Waals surface area contributed by atoms with E-state index in [4.69, 9.17) is 4.74 Å². The molecule has 0 radical (unpaired) electrons. The molecule has 0 saturated carbocycles. The maximum Gasteiger partial charge on any atom is 0.252 e. The fourth-order valence-electron chi connectivity index (χ4n) is 3.36. The molecule has 1 aliphatic rings. The van der Waals surface area contributed by atoms with Gasteiger partial charge in [-0.05, 0) is 69.0 Å². The molecule has 0 aliphatic carbocycles. The van der Waals surface area contributed by atoms with Crippen molar-refractivity contribution in [3.63, 3.8) is 0 Å². The summed E-state index contributed by atoms with van der Waals surface area (Å²) in [6, 6.07) is 9.29.